The predicted octanol–water partition coefficient (Wildman–Crippen LogP) is 3.64. The lowest BCUT2D eigenvalue weighted by Crippen LogP contribution is -2.02. The van der Waals surface area contributed by atoms with Gasteiger partial charge < -0.3 is 5.32 Å². The number of fused-ring (bicyclic) bond motifs is 1. The molecule has 0 atom stereocenters. The molecule has 0 bridgehead atoms. The van der Waals surface area contributed by atoms with Crippen LogP contribution in [0.5, 0.6) is 0 Å². The third kappa shape index (κ3) is 2.35. The molecular weight excluding hydrogens is 222 g/mol. The van der Waals surface area contributed by atoms with Gasteiger partial charge in [0, 0.05) is 29.4 Å². The van der Waals surface area contributed by atoms with E-state index >= 15 is 0 Å². The van der Waals surface area contributed by atoms with Crippen LogP contribution in [0.1, 0.15) is 19.0 Å². The molecule has 0 aliphatic heterocycles. The summed E-state index contributed by atoms with van der Waals surface area (Å²) in [6, 6.07) is 4.17. The topological polar surface area (TPSA) is 24.9 Å². The Morgan fingerprint density at radius 3 is 2.59 bits per heavy atom. The molecule has 0 fully saturated rings. The molecule has 0 aliphatic carbocycles. The fourth-order valence-corrected chi connectivity index (χ4v) is 1.76. The molecule has 0 spiro atoms. The van der Waals surface area contributed by atoms with Gasteiger partial charge in [0.1, 0.15) is 0 Å². The Kier molecular flexibility index (Phi) is 3.22. The molecule has 1 aromatic carbocycles. The van der Waals surface area contributed by atoms with Crippen molar-refractivity contribution in [3.05, 3.63) is 35.5 Å². The van der Waals surface area contributed by atoms with E-state index in [-0.39, 0.29) is 0 Å². The summed E-state index contributed by atoms with van der Waals surface area (Å²) in [6.07, 6.45) is 0.965. The van der Waals surface area contributed by atoms with E-state index in [1.165, 1.54) is 6.07 Å². The second-order valence-electron chi connectivity index (χ2n) is 4.02. The maximum absolute atomic E-state index is 13.2. The largest absolute Gasteiger partial charge is 0.384 e. The smallest absolute Gasteiger partial charge is 0.161 e. The number of halogens is 2. The standard InChI is InChI=1S/C13H14F2N2/c1-3-4-16-12-5-8(2)17-13-7-11(15)10(14)6-9(12)13/h5-7H,3-4H2,1-2H3,(H,16,17). The third-order valence-corrected chi connectivity index (χ3v) is 2.54. The summed E-state index contributed by atoms with van der Waals surface area (Å²) >= 11 is 0. The first-order valence-electron chi connectivity index (χ1n) is 5.62. The van der Waals surface area contributed by atoms with Crippen LogP contribution in [0, 0.1) is 18.6 Å². The van der Waals surface area contributed by atoms with Gasteiger partial charge >= 0.3 is 0 Å². The number of nitrogens with one attached hydrogen (secondary N) is 1. The summed E-state index contributed by atoms with van der Waals surface area (Å²) < 4.78 is 26.3. The van der Waals surface area contributed by atoms with E-state index in [4.69, 9.17) is 0 Å². The van der Waals surface area contributed by atoms with Crippen molar-refractivity contribution in [3.63, 3.8) is 0 Å². The lowest BCUT2D eigenvalue weighted by molar-refractivity contribution is 0.510. The van der Waals surface area contributed by atoms with Crippen LogP contribution in [-0.4, -0.2) is 11.5 Å². The van der Waals surface area contributed by atoms with Gasteiger partial charge in [0.05, 0.1) is 5.52 Å². The van der Waals surface area contributed by atoms with Crippen molar-refractivity contribution in [2.45, 2.75) is 20.3 Å². The zero-order chi connectivity index (χ0) is 12.4. The van der Waals surface area contributed by atoms with Gasteiger partial charge in [-0.3, -0.25) is 4.98 Å². The van der Waals surface area contributed by atoms with E-state index in [1.54, 1.807) is 0 Å². The summed E-state index contributed by atoms with van der Waals surface area (Å²) in [5, 5.41) is 3.81. The molecule has 2 aromatic rings. The second kappa shape index (κ2) is 4.65. The predicted molar refractivity (Wildman–Crippen MR) is 65.2 cm³/mol. The SMILES string of the molecule is CCCNc1cc(C)nc2cc(F)c(F)cc12. The minimum Gasteiger partial charge on any atom is -0.384 e. The van der Waals surface area contributed by atoms with Crippen LogP contribution in [0.2, 0.25) is 0 Å². The van der Waals surface area contributed by atoms with Crippen LogP contribution < -0.4 is 5.32 Å². The van der Waals surface area contributed by atoms with Crippen LogP contribution >= 0.6 is 0 Å². The van der Waals surface area contributed by atoms with Gasteiger partial charge in [-0.1, -0.05) is 6.92 Å². The fraction of sp³-hybridized carbons (Fsp3) is 0.308. The highest BCUT2D eigenvalue weighted by molar-refractivity contribution is 5.91. The molecule has 17 heavy (non-hydrogen) atoms. The van der Waals surface area contributed by atoms with Crippen molar-refractivity contribution < 1.29 is 8.78 Å². The molecule has 0 amide bonds. The maximum atomic E-state index is 13.2. The number of pyridine rings is 1. The Labute approximate surface area is 98.7 Å². The van der Waals surface area contributed by atoms with E-state index in [2.05, 4.69) is 10.3 Å². The van der Waals surface area contributed by atoms with Gasteiger partial charge in [0.2, 0.25) is 0 Å². The molecule has 1 N–H and O–H groups in total. The molecule has 0 saturated carbocycles. The highest BCUT2D eigenvalue weighted by atomic mass is 19.2. The summed E-state index contributed by atoms with van der Waals surface area (Å²) in [6.45, 7) is 4.67. The lowest BCUT2D eigenvalue weighted by atomic mass is 10.1. The molecule has 0 unspecified atom stereocenters. The van der Waals surface area contributed by atoms with Crippen LogP contribution in [0.15, 0.2) is 18.2 Å². The molecular formula is C13H14F2N2. The second-order valence-corrected chi connectivity index (χ2v) is 4.02. The Morgan fingerprint density at radius 2 is 1.88 bits per heavy atom. The fourth-order valence-electron chi connectivity index (χ4n) is 1.76. The number of anilines is 1. The van der Waals surface area contributed by atoms with Crippen molar-refractivity contribution >= 4 is 16.6 Å². The van der Waals surface area contributed by atoms with Crippen molar-refractivity contribution in [3.8, 4) is 0 Å². The van der Waals surface area contributed by atoms with Crippen LogP contribution in [0.3, 0.4) is 0 Å². The first-order chi connectivity index (χ1) is 8.11. The van der Waals surface area contributed by atoms with E-state index in [0.29, 0.717) is 10.9 Å². The Morgan fingerprint density at radius 1 is 1.18 bits per heavy atom. The number of hydrogen-bond donors (Lipinski definition) is 1. The minimum atomic E-state index is -0.864. The van der Waals surface area contributed by atoms with Gasteiger partial charge in [0.25, 0.3) is 0 Å². The molecule has 0 aliphatic rings. The highest BCUT2D eigenvalue weighted by Gasteiger charge is 2.09. The van der Waals surface area contributed by atoms with Crippen LogP contribution in [0.4, 0.5) is 14.5 Å². The Bertz CT molecular complexity index is 553. The molecule has 1 aromatic heterocycles. The van der Waals surface area contributed by atoms with Gasteiger partial charge in [-0.2, -0.15) is 0 Å². The zero-order valence-corrected chi connectivity index (χ0v) is 9.85. The van der Waals surface area contributed by atoms with Crippen molar-refractivity contribution in [2.24, 2.45) is 0 Å². The normalized spacial score (nSPS) is 10.8. The highest BCUT2D eigenvalue weighted by Crippen LogP contribution is 2.25. The van der Waals surface area contributed by atoms with Crippen molar-refractivity contribution in [2.75, 3.05) is 11.9 Å². The maximum Gasteiger partial charge on any atom is 0.161 e. The molecule has 1 heterocycles. The number of hydrogen-bond acceptors (Lipinski definition) is 2. The third-order valence-electron chi connectivity index (χ3n) is 2.54. The quantitative estimate of drug-likeness (QED) is 0.880. The van der Waals surface area contributed by atoms with E-state index in [9.17, 15) is 8.78 Å². The lowest BCUT2D eigenvalue weighted by Gasteiger charge is -2.10. The molecule has 2 nitrogen and oxygen atoms in total. The molecule has 2 rings (SSSR count). The van der Waals surface area contributed by atoms with Gasteiger partial charge in [0.15, 0.2) is 11.6 Å². The number of aryl methyl sites for hydroxylation is 1. The average molecular weight is 236 g/mol. The van der Waals surface area contributed by atoms with Crippen molar-refractivity contribution in [1.29, 1.82) is 0 Å². The van der Waals surface area contributed by atoms with E-state index < -0.39 is 11.6 Å². The van der Waals surface area contributed by atoms with Crippen molar-refractivity contribution in [1.82, 2.24) is 4.98 Å². The molecule has 0 saturated heterocycles. The first-order valence-corrected chi connectivity index (χ1v) is 5.62. The molecule has 90 valence electrons. The number of rotatable bonds is 3. The van der Waals surface area contributed by atoms with Crippen LogP contribution in [0.25, 0.3) is 10.9 Å². The number of benzene rings is 1. The zero-order valence-electron chi connectivity index (χ0n) is 9.85. The summed E-state index contributed by atoms with van der Waals surface area (Å²) in [4.78, 5) is 4.20. The Balaban J connectivity index is 2.61. The Hall–Kier alpha value is -1.71. The molecule has 4 heteroatoms. The monoisotopic (exact) mass is 236 g/mol. The first kappa shape index (κ1) is 11.8. The number of nitrogens with zero attached hydrogens (tertiary/aromatic N) is 1. The molecule has 0 radical (unpaired) electrons. The summed E-state index contributed by atoms with van der Waals surface area (Å²) in [5.41, 5.74) is 2.05. The van der Waals surface area contributed by atoms with Gasteiger partial charge in [-0.05, 0) is 25.5 Å². The number of aromatic nitrogens is 1. The average Bonchev–Trinajstić information content (AvgIpc) is 2.28. The van der Waals surface area contributed by atoms with E-state index in [0.717, 1.165) is 30.4 Å². The minimum absolute atomic E-state index is 0.475. The van der Waals surface area contributed by atoms with Gasteiger partial charge in [-0.25, -0.2) is 8.78 Å². The summed E-state index contributed by atoms with van der Waals surface area (Å²) in [5.74, 6) is -1.71. The van der Waals surface area contributed by atoms with Gasteiger partial charge in [-0.15, -0.1) is 0 Å². The summed E-state index contributed by atoms with van der Waals surface area (Å²) in [7, 11) is 0. The van der Waals surface area contributed by atoms with E-state index in [1.807, 2.05) is 19.9 Å². The van der Waals surface area contributed by atoms with Crippen LogP contribution in [-0.2, 0) is 0 Å².